The van der Waals surface area contributed by atoms with Crippen LogP contribution in [-0.4, -0.2) is 25.2 Å². The van der Waals surface area contributed by atoms with Crippen LogP contribution in [0.15, 0.2) is 28.7 Å². The number of halogens is 4. The molecular formula is C12H14BrF3N2O. The van der Waals surface area contributed by atoms with Crippen LogP contribution < -0.4 is 10.6 Å². The largest absolute Gasteiger partial charge is 0.401 e. The van der Waals surface area contributed by atoms with Crippen LogP contribution in [0.5, 0.6) is 0 Å². The fourth-order valence-electron chi connectivity index (χ4n) is 1.51. The molecule has 0 heterocycles. The third kappa shape index (κ3) is 6.07. The molecule has 106 valence electrons. The topological polar surface area (TPSA) is 41.1 Å². The average Bonchev–Trinajstić information content (AvgIpc) is 2.27. The van der Waals surface area contributed by atoms with Crippen LogP contribution in [-0.2, 0) is 4.79 Å². The van der Waals surface area contributed by atoms with Gasteiger partial charge in [-0.25, -0.2) is 0 Å². The molecule has 0 aliphatic rings. The van der Waals surface area contributed by atoms with Gasteiger partial charge in [-0.15, -0.1) is 0 Å². The van der Waals surface area contributed by atoms with Crippen molar-refractivity contribution in [2.24, 2.45) is 0 Å². The molecule has 0 unspecified atom stereocenters. The molecule has 0 saturated carbocycles. The minimum Gasteiger partial charge on any atom is -0.348 e. The van der Waals surface area contributed by atoms with Crippen LogP contribution >= 0.6 is 15.9 Å². The first-order valence-electron chi connectivity index (χ1n) is 5.61. The molecule has 0 fully saturated rings. The molecule has 0 saturated heterocycles. The number of carbonyl (C=O) groups is 1. The van der Waals surface area contributed by atoms with Gasteiger partial charge in [-0.1, -0.05) is 34.1 Å². The Kier molecular flexibility index (Phi) is 5.81. The van der Waals surface area contributed by atoms with Gasteiger partial charge >= 0.3 is 6.18 Å². The van der Waals surface area contributed by atoms with Crippen LogP contribution in [0.2, 0.25) is 0 Å². The van der Waals surface area contributed by atoms with E-state index in [2.05, 4.69) is 21.2 Å². The number of hydrogen-bond acceptors (Lipinski definition) is 2. The number of alkyl halides is 3. The monoisotopic (exact) mass is 338 g/mol. The highest BCUT2D eigenvalue weighted by Gasteiger charge is 2.26. The molecular weight excluding hydrogens is 325 g/mol. The molecule has 7 heteroatoms. The summed E-state index contributed by atoms with van der Waals surface area (Å²) in [7, 11) is 0. The van der Waals surface area contributed by atoms with Crippen LogP contribution in [0.4, 0.5) is 13.2 Å². The Labute approximate surface area is 117 Å². The number of nitrogens with one attached hydrogen (secondary N) is 2. The van der Waals surface area contributed by atoms with Gasteiger partial charge in [-0.3, -0.25) is 4.79 Å². The summed E-state index contributed by atoms with van der Waals surface area (Å²) in [6, 6.07) is 7.05. The van der Waals surface area contributed by atoms with Crippen molar-refractivity contribution in [3.05, 3.63) is 34.3 Å². The normalized spacial score (nSPS) is 13.1. The Bertz CT molecular complexity index is 437. The number of rotatable bonds is 5. The first-order valence-corrected chi connectivity index (χ1v) is 6.40. The summed E-state index contributed by atoms with van der Waals surface area (Å²) in [5.41, 5.74) is 0.867. The molecule has 0 spiro atoms. The zero-order valence-corrected chi connectivity index (χ0v) is 11.8. The second-order valence-corrected chi connectivity index (χ2v) is 4.88. The van der Waals surface area contributed by atoms with E-state index >= 15 is 0 Å². The average molecular weight is 339 g/mol. The molecule has 0 radical (unpaired) electrons. The molecule has 1 amide bonds. The van der Waals surface area contributed by atoms with Crippen molar-refractivity contribution >= 4 is 21.8 Å². The second kappa shape index (κ2) is 6.91. The highest BCUT2D eigenvalue weighted by molar-refractivity contribution is 9.10. The first kappa shape index (κ1) is 16.0. The Morgan fingerprint density at radius 2 is 2.00 bits per heavy atom. The predicted octanol–water partition coefficient (Wildman–Crippen LogP) is 2.78. The molecule has 2 N–H and O–H groups in total. The van der Waals surface area contributed by atoms with Gasteiger partial charge in [-0.05, 0) is 18.6 Å². The minimum absolute atomic E-state index is 0.282. The molecule has 0 bridgehead atoms. The highest BCUT2D eigenvalue weighted by atomic mass is 79.9. The van der Waals surface area contributed by atoms with Gasteiger partial charge in [0.15, 0.2) is 0 Å². The van der Waals surface area contributed by atoms with Gasteiger partial charge < -0.3 is 10.6 Å². The lowest BCUT2D eigenvalue weighted by Gasteiger charge is -2.16. The number of amides is 1. The van der Waals surface area contributed by atoms with Gasteiger partial charge in [0.05, 0.1) is 19.1 Å². The predicted molar refractivity (Wildman–Crippen MR) is 69.6 cm³/mol. The van der Waals surface area contributed by atoms with Crippen molar-refractivity contribution < 1.29 is 18.0 Å². The van der Waals surface area contributed by atoms with Crippen LogP contribution in [0.3, 0.4) is 0 Å². The zero-order chi connectivity index (χ0) is 14.5. The van der Waals surface area contributed by atoms with Gasteiger partial charge in [-0.2, -0.15) is 13.2 Å². The quantitative estimate of drug-likeness (QED) is 0.866. The van der Waals surface area contributed by atoms with Crippen molar-refractivity contribution in [1.82, 2.24) is 10.6 Å². The van der Waals surface area contributed by atoms with Gasteiger partial charge in [0.25, 0.3) is 0 Å². The molecule has 3 nitrogen and oxygen atoms in total. The Morgan fingerprint density at radius 3 is 2.58 bits per heavy atom. The SMILES string of the molecule is C[C@@H](NC(=O)CNCC(F)(F)F)c1ccccc1Br. The summed E-state index contributed by atoms with van der Waals surface area (Å²) in [6.45, 7) is 0.222. The maximum atomic E-state index is 11.9. The van der Waals surface area contributed by atoms with E-state index in [1.165, 1.54) is 0 Å². The number of benzene rings is 1. The lowest BCUT2D eigenvalue weighted by Crippen LogP contribution is -2.39. The molecule has 19 heavy (non-hydrogen) atoms. The lowest BCUT2D eigenvalue weighted by atomic mass is 10.1. The molecule has 1 rings (SSSR count). The number of carbonyl (C=O) groups excluding carboxylic acids is 1. The standard InChI is InChI=1S/C12H14BrF3N2O/c1-8(9-4-2-3-5-10(9)13)18-11(19)6-17-7-12(14,15)16/h2-5,8,17H,6-7H2,1H3,(H,18,19)/t8-/m1/s1. The highest BCUT2D eigenvalue weighted by Crippen LogP contribution is 2.22. The van der Waals surface area contributed by atoms with Gasteiger partial charge in [0.2, 0.25) is 5.91 Å². The Morgan fingerprint density at radius 1 is 1.37 bits per heavy atom. The molecule has 1 atom stereocenters. The van der Waals surface area contributed by atoms with Gasteiger partial charge in [0.1, 0.15) is 0 Å². The number of hydrogen-bond donors (Lipinski definition) is 2. The molecule has 1 aromatic rings. The summed E-state index contributed by atoms with van der Waals surface area (Å²) in [6.07, 6.45) is -4.31. The Balaban J connectivity index is 2.43. The zero-order valence-electron chi connectivity index (χ0n) is 10.2. The van der Waals surface area contributed by atoms with Gasteiger partial charge in [0, 0.05) is 4.47 Å². The molecule has 0 aromatic heterocycles. The Hall–Kier alpha value is -1.08. The summed E-state index contributed by atoms with van der Waals surface area (Å²) < 4.78 is 36.5. The van der Waals surface area contributed by atoms with E-state index in [0.29, 0.717) is 0 Å². The molecule has 1 aromatic carbocycles. The first-order chi connectivity index (χ1) is 8.79. The molecule has 0 aliphatic heterocycles. The fraction of sp³-hybridized carbons (Fsp3) is 0.417. The van der Waals surface area contributed by atoms with Crippen LogP contribution in [0.1, 0.15) is 18.5 Å². The maximum absolute atomic E-state index is 11.9. The maximum Gasteiger partial charge on any atom is 0.401 e. The summed E-state index contributed by atoms with van der Waals surface area (Å²) >= 11 is 3.35. The summed E-state index contributed by atoms with van der Waals surface area (Å²) in [5.74, 6) is -0.479. The van der Waals surface area contributed by atoms with Crippen LogP contribution in [0.25, 0.3) is 0 Å². The van der Waals surface area contributed by atoms with Crippen molar-refractivity contribution in [3.8, 4) is 0 Å². The smallest absolute Gasteiger partial charge is 0.348 e. The second-order valence-electron chi connectivity index (χ2n) is 4.03. The van der Waals surface area contributed by atoms with E-state index in [4.69, 9.17) is 0 Å². The van der Waals surface area contributed by atoms with E-state index in [1.807, 2.05) is 29.6 Å². The van der Waals surface area contributed by atoms with Crippen LogP contribution in [0, 0.1) is 0 Å². The van der Waals surface area contributed by atoms with E-state index < -0.39 is 18.6 Å². The summed E-state index contributed by atoms with van der Waals surface area (Å²) in [4.78, 5) is 11.5. The fourth-order valence-corrected chi connectivity index (χ4v) is 2.14. The summed E-state index contributed by atoms with van der Waals surface area (Å²) in [5, 5.41) is 4.67. The van der Waals surface area contributed by atoms with E-state index in [1.54, 1.807) is 6.92 Å². The van der Waals surface area contributed by atoms with E-state index in [0.717, 1.165) is 10.0 Å². The van der Waals surface area contributed by atoms with E-state index in [9.17, 15) is 18.0 Å². The minimum atomic E-state index is -4.31. The van der Waals surface area contributed by atoms with Crippen molar-refractivity contribution in [2.45, 2.75) is 19.1 Å². The lowest BCUT2D eigenvalue weighted by molar-refractivity contribution is -0.128. The third-order valence-corrected chi connectivity index (χ3v) is 3.08. The molecule has 0 aliphatic carbocycles. The van der Waals surface area contributed by atoms with Crippen molar-refractivity contribution in [3.63, 3.8) is 0 Å². The van der Waals surface area contributed by atoms with Crippen molar-refractivity contribution in [1.29, 1.82) is 0 Å². The van der Waals surface area contributed by atoms with E-state index in [-0.39, 0.29) is 12.6 Å². The van der Waals surface area contributed by atoms with Crippen molar-refractivity contribution in [2.75, 3.05) is 13.1 Å². The third-order valence-electron chi connectivity index (χ3n) is 2.36.